The molecule has 0 radical (unpaired) electrons. The third kappa shape index (κ3) is 2.06. The number of hydrogen-bond acceptors (Lipinski definition) is 1. The molecule has 0 saturated carbocycles. The van der Waals surface area contributed by atoms with E-state index in [0.29, 0.717) is 16.3 Å². The van der Waals surface area contributed by atoms with Crippen molar-refractivity contribution >= 4 is 25.5 Å². The summed E-state index contributed by atoms with van der Waals surface area (Å²) in [5, 5.41) is 0.680. The van der Waals surface area contributed by atoms with Gasteiger partial charge in [0.2, 0.25) is 0 Å². The predicted octanol–water partition coefficient (Wildman–Crippen LogP) is 5.06. The van der Waals surface area contributed by atoms with Gasteiger partial charge in [-0.25, -0.2) is 0 Å². The van der Waals surface area contributed by atoms with Crippen molar-refractivity contribution in [2.24, 2.45) is 0 Å². The molecule has 2 rings (SSSR count). The molecule has 1 atom stereocenters. The van der Waals surface area contributed by atoms with Crippen LogP contribution in [0.15, 0.2) is 18.2 Å². The van der Waals surface area contributed by atoms with E-state index in [9.17, 15) is 4.79 Å². The molecule has 3 heteroatoms. The van der Waals surface area contributed by atoms with E-state index >= 15 is 0 Å². The Hall–Kier alpha value is -0.603. The van der Waals surface area contributed by atoms with Crippen molar-refractivity contribution in [1.82, 2.24) is 0 Å². The van der Waals surface area contributed by atoms with Gasteiger partial charge in [-0.2, -0.15) is 0 Å². The second kappa shape index (κ2) is 5.18. The van der Waals surface area contributed by atoms with Gasteiger partial charge < -0.3 is 0 Å². The highest BCUT2D eigenvalue weighted by molar-refractivity contribution is 6.81. The molecule has 0 aromatic heterocycles. The lowest BCUT2D eigenvalue weighted by atomic mass is 10.1. The Morgan fingerprint density at radius 3 is 2.39 bits per heavy atom. The Morgan fingerprint density at radius 1 is 1.22 bits per heavy atom. The average Bonchev–Trinajstić information content (AvgIpc) is 2.70. The second-order valence-electron chi connectivity index (χ2n) is 5.33. The summed E-state index contributed by atoms with van der Waals surface area (Å²) in [6.45, 7) is 6.91. The van der Waals surface area contributed by atoms with Gasteiger partial charge in [-0.05, 0) is 23.2 Å². The maximum absolute atomic E-state index is 12.2. The number of ketones is 1. The third-order valence-electron chi connectivity index (χ3n) is 4.93. The van der Waals surface area contributed by atoms with Gasteiger partial charge in [0.25, 0.3) is 0 Å². The smallest absolute Gasteiger partial charge is 0.163 e. The van der Waals surface area contributed by atoms with E-state index in [1.54, 1.807) is 0 Å². The van der Waals surface area contributed by atoms with Gasteiger partial charge in [-0.15, -0.1) is 0 Å². The summed E-state index contributed by atoms with van der Waals surface area (Å²) in [6.07, 6.45) is 0.720. The van der Waals surface area contributed by atoms with E-state index in [2.05, 4.69) is 26.8 Å². The van der Waals surface area contributed by atoms with Crippen molar-refractivity contribution in [2.75, 3.05) is 0 Å². The molecular weight excluding hydrogens is 260 g/mol. The lowest BCUT2D eigenvalue weighted by Gasteiger charge is -2.35. The summed E-state index contributed by atoms with van der Waals surface area (Å²) in [7, 11) is -1.36. The van der Waals surface area contributed by atoms with Crippen LogP contribution in [-0.2, 0) is 0 Å². The molecule has 0 N–H and O–H groups in total. The van der Waals surface area contributed by atoms with Crippen molar-refractivity contribution in [3.63, 3.8) is 0 Å². The maximum Gasteiger partial charge on any atom is 0.163 e. The predicted molar refractivity (Wildman–Crippen MR) is 80.3 cm³/mol. The third-order valence-corrected chi connectivity index (χ3v) is 11.4. The van der Waals surface area contributed by atoms with Gasteiger partial charge in [0, 0.05) is 17.0 Å². The standard InChI is InChI=1S/C15H21ClOSi/c1-4-18(5-2,6-3)15-10-14(17)13-9-11(16)7-8-12(13)15/h7-9,15H,4-6,10H2,1-3H3. The molecule has 1 aromatic carbocycles. The molecule has 0 amide bonds. The van der Waals surface area contributed by atoms with Crippen LogP contribution in [0.1, 0.15) is 48.7 Å². The van der Waals surface area contributed by atoms with Crippen LogP contribution in [0.5, 0.6) is 0 Å². The molecule has 0 fully saturated rings. The summed E-state index contributed by atoms with van der Waals surface area (Å²) in [4.78, 5) is 12.2. The van der Waals surface area contributed by atoms with Gasteiger partial charge in [0.15, 0.2) is 5.78 Å². The Labute approximate surface area is 116 Å². The number of Topliss-reactive ketones (excluding diaryl/α,β-unsaturated/α-hetero) is 1. The minimum atomic E-state index is -1.36. The van der Waals surface area contributed by atoms with Gasteiger partial charge in [0.05, 0.1) is 8.07 Å². The van der Waals surface area contributed by atoms with E-state index in [1.807, 2.05) is 12.1 Å². The van der Waals surface area contributed by atoms with Crippen molar-refractivity contribution in [3.05, 3.63) is 34.3 Å². The fourth-order valence-corrected chi connectivity index (χ4v) is 8.20. The highest BCUT2D eigenvalue weighted by atomic mass is 35.5. The number of benzene rings is 1. The van der Waals surface area contributed by atoms with Crippen LogP contribution in [0.25, 0.3) is 0 Å². The van der Waals surface area contributed by atoms with Gasteiger partial charge >= 0.3 is 0 Å². The quantitative estimate of drug-likeness (QED) is 0.705. The Kier molecular flexibility index (Phi) is 3.98. The molecular formula is C15H21ClOSi. The number of halogens is 1. The minimum absolute atomic E-state index is 0.296. The first-order valence-corrected chi connectivity index (χ1v) is 9.98. The number of fused-ring (bicyclic) bond motifs is 1. The number of hydrogen-bond donors (Lipinski definition) is 0. The minimum Gasteiger partial charge on any atom is -0.294 e. The lowest BCUT2D eigenvalue weighted by Crippen LogP contribution is -2.39. The Morgan fingerprint density at radius 2 is 1.83 bits per heavy atom. The fourth-order valence-electron chi connectivity index (χ4n) is 3.51. The molecule has 0 bridgehead atoms. The van der Waals surface area contributed by atoms with Crippen LogP contribution < -0.4 is 0 Å². The molecule has 0 saturated heterocycles. The van der Waals surface area contributed by atoms with Crippen LogP contribution in [0.3, 0.4) is 0 Å². The molecule has 0 spiro atoms. The first-order chi connectivity index (χ1) is 8.57. The maximum atomic E-state index is 12.2. The highest BCUT2D eigenvalue weighted by Gasteiger charge is 2.43. The van der Waals surface area contributed by atoms with Crippen LogP contribution in [0.4, 0.5) is 0 Å². The first-order valence-electron chi connectivity index (χ1n) is 6.90. The molecule has 1 aliphatic rings. The normalized spacial score (nSPS) is 19.1. The van der Waals surface area contributed by atoms with Crippen LogP contribution in [0, 0.1) is 0 Å². The van der Waals surface area contributed by atoms with Crippen molar-refractivity contribution in [3.8, 4) is 0 Å². The zero-order chi connectivity index (χ0) is 13.3. The molecule has 1 nitrogen and oxygen atoms in total. The number of rotatable bonds is 4. The van der Waals surface area contributed by atoms with Crippen LogP contribution in [0.2, 0.25) is 23.2 Å². The number of carbonyl (C=O) groups excluding carboxylic acids is 1. The lowest BCUT2D eigenvalue weighted by molar-refractivity contribution is 0.0993. The van der Waals surface area contributed by atoms with Gasteiger partial charge in [-0.3, -0.25) is 4.79 Å². The SMILES string of the molecule is CC[Si](CC)(CC)C1CC(=O)c2cc(Cl)ccc21. The monoisotopic (exact) mass is 280 g/mol. The summed E-state index contributed by atoms with van der Waals surface area (Å²) < 4.78 is 0. The molecule has 0 heterocycles. The van der Waals surface area contributed by atoms with Crippen molar-refractivity contribution in [2.45, 2.75) is 50.9 Å². The zero-order valence-electron chi connectivity index (χ0n) is 11.4. The van der Waals surface area contributed by atoms with E-state index in [1.165, 1.54) is 23.7 Å². The summed E-state index contributed by atoms with van der Waals surface area (Å²) in [5.41, 5.74) is 2.68. The van der Waals surface area contributed by atoms with Gasteiger partial charge in [0.1, 0.15) is 0 Å². The first kappa shape index (κ1) is 13.8. The second-order valence-corrected chi connectivity index (χ2v) is 11.3. The molecule has 18 heavy (non-hydrogen) atoms. The van der Waals surface area contributed by atoms with Crippen LogP contribution in [-0.4, -0.2) is 13.9 Å². The molecule has 0 aliphatic heterocycles. The molecule has 1 unspecified atom stereocenters. The zero-order valence-corrected chi connectivity index (χ0v) is 13.2. The summed E-state index contributed by atoms with van der Waals surface area (Å²) in [6, 6.07) is 9.68. The molecule has 1 aromatic rings. The highest BCUT2D eigenvalue weighted by Crippen LogP contribution is 2.45. The van der Waals surface area contributed by atoms with Crippen molar-refractivity contribution in [1.29, 1.82) is 0 Å². The Balaban J connectivity index is 2.48. The number of carbonyl (C=O) groups is 1. The summed E-state index contributed by atoms with van der Waals surface area (Å²) >= 11 is 6.01. The largest absolute Gasteiger partial charge is 0.294 e. The van der Waals surface area contributed by atoms with Crippen LogP contribution >= 0.6 is 11.6 Å². The van der Waals surface area contributed by atoms with E-state index in [0.717, 1.165) is 12.0 Å². The van der Waals surface area contributed by atoms with E-state index in [4.69, 9.17) is 11.6 Å². The Bertz CT molecular complexity index is 457. The van der Waals surface area contributed by atoms with Gasteiger partial charge in [-0.1, -0.05) is 56.6 Å². The fraction of sp³-hybridized carbons (Fsp3) is 0.533. The molecule has 98 valence electrons. The van der Waals surface area contributed by atoms with E-state index < -0.39 is 8.07 Å². The average molecular weight is 281 g/mol. The van der Waals surface area contributed by atoms with Crippen molar-refractivity contribution < 1.29 is 4.79 Å². The van der Waals surface area contributed by atoms with E-state index in [-0.39, 0.29) is 0 Å². The molecule has 1 aliphatic carbocycles. The topological polar surface area (TPSA) is 17.1 Å². The summed E-state index contributed by atoms with van der Waals surface area (Å²) in [5.74, 6) is 0.296.